The molecule has 4 nitrogen and oxygen atoms in total. The largest absolute Gasteiger partial charge is 0.422 e. The van der Waals surface area contributed by atoms with E-state index < -0.39 is 0 Å². The zero-order valence-corrected chi connectivity index (χ0v) is 16.9. The molecule has 28 heavy (non-hydrogen) atoms. The smallest absolute Gasteiger partial charge is 0.345 e. The Morgan fingerprint density at radius 1 is 1.11 bits per heavy atom. The van der Waals surface area contributed by atoms with Crippen molar-refractivity contribution in [3.63, 3.8) is 0 Å². The minimum absolute atomic E-state index is 0.0185. The molecule has 1 fully saturated rings. The molecule has 1 aliphatic carbocycles. The summed E-state index contributed by atoms with van der Waals surface area (Å²) < 4.78 is 6.27. The first-order chi connectivity index (χ1) is 13.7. The number of amides is 1. The molecule has 0 spiro atoms. The maximum absolute atomic E-state index is 13.5. The van der Waals surface area contributed by atoms with Crippen LogP contribution in [0.4, 0.5) is 0 Å². The van der Waals surface area contributed by atoms with Crippen LogP contribution in [0.25, 0.3) is 21.1 Å². The minimum atomic E-state index is -0.380. The highest BCUT2D eigenvalue weighted by molar-refractivity contribution is 7.21. The van der Waals surface area contributed by atoms with Crippen LogP contribution in [0.2, 0.25) is 0 Å². The van der Waals surface area contributed by atoms with Crippen molar-refractivity contribution in [1.82, 2.24) is 4.90 Å². The first-order valence-corrected chi connectivity index (χ1v) is 11.2. The second kappa shape index (κ2) is 7.18. The summed E-state index contributed by atoms with van der Waals surface area (Å²) in [6.07, 6.45) is 4.43. The minimum Gasteiger partial charge on any atom is -0.422 e. The summed E-state index contributed by atoms with van der Waals surface area (Å²) in [4.78, 5) is 29.7. The Balaban J connectivity index is 1.58. The fourth-order valence-corrected chi connectivity index (χ4v) is 5.88. The fourth-order valence-electron chi connectivity index (χ4n) is 4.04. The molecule has 3 aromatic heterocycles. The van der Waals surface area contributed by atoms with Gasteiger partial charge in [-0.05, 0) is 42.5 Å². The quantitative estimate of drug-likeness (QED) is 0.409. The van der Waals surface area contributed by atoms with E-state index in [9.17, 15) is 9.59 Å². The summed E-state index contributed by atoms with van der Waals surface area (Å²) in [5.41, 5.74) is 0.182. The van der Waals surface area contributed by atoms with Crippen molar-refractivity contribution >= 4 is 49.6 Å². The molecule has 0 N–H and O–H groups in total. The highest BCUT2D eigenvalue weighted by atomic mass is 32.1. The fraction of sp³-hybridized carbons (Fsp3) is 0.273. The molecule has 6 heteroatoms. The molecule has 1 aromatic carbocycles. The maximum atomic E-state index is 13.5. The summed E-state index contributed by atoms with van der Waals surface area (Å²) in [6.45, 7) is 0.630. The number of hydrogen-bond donors (Lipinski definition) is 0. The van der Waals surface area contributed by atoms with Crippen LogP contribution in [-0.2, 0) is 6.54 Å². The Bertz CT molecular complexity index is 1200. The van der Waals surface area contributed by atoms with E-state index in [1.807, 2.05) is 34.5 Å². The molecule has 1 amide bonds. The van der Waals surface area contributed by atoms with Crippen molar-refractivity contribution in [2.45, 2.75) is 38.3 Å². The Labute approximate surface area is 170 Å². The van der Waals surface area contributed by atoms with Crippen LogP contribution in [0.3, 0.4) is 0 Å². The van der Waals surface area contributed by atoms with Crippen LogP contribution in [0.5, 0.6) is 0 Å². The lowest BCUT2D eigenvalue weighted by Gasteiger charge is -2.28. The van der Waals surface area contributed by atoms with Gasteiger partial charge in [-0.15, -0.1) is 22.7 Å². The van der Waals surface area contributed by atoms with E-state index >= 15 is 0 Å². The summed E-state index contributed by atoms with van der Waals surface area (Å²) in [5.74, 6) is 0.0185. The van der Waals surface area contributed by atoms with Crippen LogP contribution in [0.15, 0.2) is 57.1 Å². The normalized spacial score (nSPS) is 14.9. The first kappa shape index (κ1) is 17.6. The van der Waals surface area contributed by atoms with Gasteiger partial charge < -0.3 is 9.32 Å². The molecule has 5 rings (SSSR count). The lowest BCUT2D eigenvalue weighted by Crippen LogP contribution is -2.37. The number of thiophene rings is 2. The van der Waals surface area contributed by atoms with Crippen molar-refractivity contribution in [3.8, 4) is 0 Å². The third-order valence-electron chi connectivity index (χ3n) is 5.43. The molecule has 1 saturated carbocycles. The molecule has 4 aromatic rings. The third kappa shape index (κ3) is 3.06. The molecule has 0 atom stereocenters. The molecule has 0 bridgehead atoms. The molecular formula is C22H19NO3S2. The second-order valence-electron chi connectivity index (χ2n) is 7.19. The molecular weight excluding hydrogens is 390 g/mol. The van der Waals surface area contributed by atoms with E-state index in [4.69, 9.17) is 4.42 Å². The number of hydrogen-bond acceptors (Lipinski definition) is 5. The molecule has 142 valence electrons. The van der Waals surface area contributed by atoms with Crippen LogP contribution in [-0.4, -0.2) is 16.8 Å². The number of nitrogens with zero attached hydrogens (tertiary/aromatic N) is 1. The van der Waals surface area contributed by atoms with Crippen LogP contribution >= 0.6 is 22.7 Å². The monoisotopic (exact) mass is 409 g/mol. The molecule has 0 saturated heterocycles. The van der Waals surface area contributed by atoms with Gasteiger partial charge in [0.15, 0.2) is 0 Å². The van der Waals surface area contributed by atoms with E-state index in [1.165, 1.54) is 29.1 Å². The zero-order chi connectivity index (χ0) is 19.1. The first-order valence-electron chi connectivity index (χ1n) is 9.49. The number of para-hydroxylation sites is 1. The van der Waals surface area contributed by atoms with Gasteiger partial charge in [0.2, 0.25) is 0 Å². The van der Waals surface area contributed by atoms with Crippen LogP contribution in [0, 0.1) is 0 Å². The van der Waals surface area contributed by atoms with Gasteiger partial charge in [-0.2, -0.15) is 0 Å². The van der Waals surface area contributed by atoms with Crippen molar-refractivity contribution in [1.29, 1.82) is 0 Å². The van der Waals surface area contributed by atoms with E-state index in [2.05, 4.69) is 6.07 Å². The highest BCUT2D eigenvalue weighted by Gasteiger charge is 2.29. The van der Waals surface area contributed by atoms with E-state index in [0.29, 0.717) is 22.4 Å². The SMILES string of the molecule is O=C(c1cc2c(=O)oc3ccccc3c2s1)N(Cc1cccs1)C1CCCC1. The second-order valence-corrected chi connectivity index (χ2v) is 9.27. The topological polar surface area (TPSA) is 50.5 Å². The standard InChI is InChI=1S/C22H19NO3S2/c24-21(23(14-6-1-2-7-14)13-15-8-5-11-27-15)19-12-17-20(28-19)16-9-3-4-10-18(16)26-22(17)25/h3-5,8-12,14H,1-2,6-7,13H2. The third-order valence-corrected chi connectivity index (χ3v) is 7.45. The van der Waals surface area contributed by atoms with Gasteiger partial charge in [0, 0.05) is 16.3 Å². The van der Waals surface area contributed by atoms with Crippen molar-refractivity contribution in [3.05, 3.63) is 68.0 Å². The Morgan fingerprint density at radius 2 is 1.93 bits per heavy atom. The summed E-state index contributed by atoms with van der Waals surface area (Å²) >= 11 is 3.08. The van der Waals surface area contributed by atoms with Gasteiger partial charge in [0.05, 0.1) is 21.5 Å². The average Bonchev–Trinajstić information content (AvgIpc) is 3.47. The predicted molar refractivity (Wildman–Crippen MR) is 114 cm³/mol. The van der Waals surface area contributed by atoms with Crippen molar-refractivity contribution < 1.29 is 9.21 Å². The Morgan fingerprint density at radius 3 is 2.71 bits per heavy atom. The van der Waals surface area contributed by atoms with Crippen molar-refractivity contribution in [2.24, 2.45) is 0 Å². The molecule has 0 radical (unpaired) electrons. The summed E-state index contributed by atoms with van der Waals surface area (Å²) in [6, 6.07) is 13.6. The Hall–Kier alpha value is -2.44. The number of carbonyl (C=O) groups is 1. The highest BCUT2D eigenvalue weighted by Crippen LogP contribution is 2.33. The van der Waals surface area contributed by atoms with Gasteiger partial charge in [-0.3, -0.25) is 4.79 Å². The van der Waals surface area contributed by atoms with Crippen molar-refractivity contribution in [2.75, 3.05) is 0 Å². The number of carbonyl (C=O) groups excluding carboxylic acids is 1. The molecule has 0 unspecified atom stereocenters. The summed E-state index contributed by atoms with van der Waals surface area (Å²) in [5, 5.41) is 3.42. The van der Waals surface area contributed by atoms with Gasteiger partial charge in [-0.25, -0.2) is 4.79 Å². The Kier molecular flexibility index (Phi) is 4.53. The number of benzene rings is 1. The molecule has 3 heterocycles. The number of fused-ring (bicyclic) bond motifs is 3. The lowest BCUT2D eigenvalue weighted by molar-refractivity contribution is 0.0672. The van der Waals surface area contributed by atoms with E-state index in [-0.39, 0.29) is 17.6 Å². The lowest BCUT2D eigenvalue weighted by atomic mass is 10.2. The zero-order valence-electron chi connectivity index (χ0n) is 15.2. The average molecular weight is 410 g/mol. The van der Waals surface area contributed by atoms with E-state index in [1.54, 1.807) is 23.5 Å². The summed E-state index contributed by atoms with van der Waals surface area (Å²) in [7, 11) is 0. The van der Waals surface area contributed by atoms with Gasteiger partial charge in [0.1, 0.15) is 5.58 Å². The van der Waals surface area contributed by atoms with E-state index in [0.717, 1.165) is 22.9 Å². The predicted octanol–water partition coefficient (Wildman–Crippen LogP) is 5.65. The maximum Gasteiger partial charge on any atom is 0.345 e. The number of rotatable bonds is 4. The van der Waals surface area contributed by atoms with Gasteiger partial charge in [0.25, 0.3) is 5.91 Å². The molecule has 1 aliphatic rings. The van der Waals surface area contributed by atoms with Gasteiger partial charge >= 0.3 is 5.63 Å². The molecule has 0 aliphatic heterocycles. The van der Waals surface area contributed by atoms with Gasteiger partial charge in [-0.1, -0.05) is 31.0 Å². The van der Waals surface area contributed by atoms with Crippen LogP contribution < -0.4 is 5.63 Å². The van der Waals surface area contributed by atoms with Crippen LogP contribution in [0.1, 0.15) is 40.2 Å².